The van der Waals surface area contributed by atoms with Crippen molar-refractivity contribution in [3.63, 3.8) is 0 Å². The molecule has 1 aromatic heterocycles. The number of hydrogen-bond acceptors (Lipinski definition) is 5. The molecule has 0 saturated carbocycles. The van der Waals surface area contributed by atoms with Crippen LogP contribution in [0, 0.1) is 6.92 Å². The molecule has 1 amide bonds. The van der Waals surface area contributed by atoms with Gasteiger partial charge in [0, 0.05) is 17.1 Å². The Balaban J connectivity index is 1.72. The van der Waals surface area contributed by atoms with Crippen molar-refractivity contribution in [2.45, 2.75) is 6.92 Å². The van der Waals surface area contributed by atoms with E-state index in [2.05, 4.69) is 10.3 Å². The molecule has 0 aliphatic heterocycles. The van der Waals surface area contributed by atoms with Gasteiger partial charge in [0.05, 0.1) is 39.5 Å². The SMILES string of the molecule is COC(=O)c1cccc(Oc2c(C)cnc3c(NC(=O)c4c(Cl)cccc4Cl)cccc23)c1. The molecule has 8 heteroatoms. The highest BCUT2D eigenvalue weighted by atomic mass is 35.5. The zero-order chi connectivity index (χ0) is 23.5. The van der Waals surface area contributed by atoms with Crippen LogP contribution in [0.2, 0.25) is 10.0 Å². The fourth-order valence-electron chi connectivity index (χ4n) is 3.36. The number of amides is 1. The zero-order valence-electron chi connectivity index (χ0n) is 17.7. The lowest BCUT2D eigenvalue weighted by Gasteiger charge is -2.15. The summed E-state index contributed by atoms with van der Waals surface area (Å²) in [5.41, 5.74) is 2.33. The molecule has 4 aromatic rings. The molecule has 0 aliphatic carbocycles. The van der Waals surface area contributed by atoms with Crippen molar-refractivity contribution in [1.29, 1.82) is 0 Å². The van der Waals surface area contributed by atoms with Crippen molar-refractivity contribution in [3.05, 3.63) is 93.6 Å². The van der Waals surface area contributed by atoms with E-state index in [1.807, 2.05) is 13.0 Å². The van der Waals surface area contributed by atoms with Crippen LogP contribution in [0.4, 0.5) is 5.69 Å². The molecule has 0 bridgehead atoms. The first-order valence-electron chi connectivity index (χ1n) is 9.89. The van der Waals surface area contributed by atoms with Crippen molar-refractivity contribution in [2.24, 2.45) is 0 Å². The summed E-state index contributed by atoms with van der Waals surface area (Å²) in [6, 6.07) is 16.9. The van der Waals surface area contributed by atoms with E-state index in [0.29, 0.717) is 33.7 Å². The molecular weight excluding hydrogens is 463 g/mol. The largest absolute Gasteiger partial charge is 0.465 e. The molecule has 6 nitrogen and oxygen atoms in total. The number of benzene rings is 3. The first-order valence-corrected chi connectivity index (χ1v) is 10.6. The van der Waals surface area contributed by atoms with Gasteiger partial charge in [0.1, 0.15) is 11.5 Å². The predicted molar refractivity (Wildman–Crippen MR) is 129 cm³/mol. The van der Waals surface area contributed by atoms with Crippen LogP contribution in [0.15, 0.2) is 66.9 Å². The number of methoxy groups -OCH3 is 1. The maximum Gasteiger partial charge on any atom is 0.337 e. The molecule has 33 heavy (non-hydrogen) atoms. The zero-order valence-corrected chi connectivity index (χ0v) is 19.2. The van der Waals surface area contributed by atoms with E-state index in [4.69, 9.17) is 32.7 Å². The van der Waals surface area contributed by atoms with E-state index in [0.717, 1.165) is 5.56 Å². The van der Waals surface area contributed by atoms with Crippen LogP contribution in [0.25, 0.3) is 10.9 Å². The summed E-state index contributed by atoms with van der Waals surface area (Å²) >= 11 is 12.4. The van der Waals surface area contributed by atoms with Gasteiger partial charge in [0.25, 0.3) is 5.91 Å². The van der Waals surface area contributed by atoms with Gasteiger partial charge >= 0.3 is 5.97 Å². The van der Waals surface area contributed by atoms with E-state index in [1.165, 1.54) is 7.11 Å². The molecule has 0 aliphatic rings. The van der Waals surface area contributed by atoms with Gasteiger partial charge < -0.3 is 14.8 Å². The maximum atomic E-state index is 12.9. The molecule has 166 valence electrons. The Morgan fingerprint density at radius 3 is 2.39 bits per heavy atom. The highest BCUT2D eigenvalue weighted by molar-refractivity contribution is 6.40. The number of ether oxygens (including phenoxy) is 2. The molecule has 0 atom stereocenters. The summed E-state index contributed by atoms with van der Waals surface area (Å²) in [7, 11) is 1.32. The molecule has 3 aromatic carbocycles. The molecule has 0 unspecified atom stereocenters. The number of nitrogens with one attached hydrogen (secondary N) is 1. The van der Waals surface area contributed by atoms with Crippen LogP contribution in [-0.2, 0) is 4.74 Å². The predicted octanol–water partition coefficient (Wildman–Crippen LogP) is 6.68. The first-order chi connectivity index (χ1) is 15.9. The summed E-state index contributed by atoms with van der Waals surface area (Å²) in [4.78, 5) is 29.3. The Morgan fingerprint density at radius 1 is 0.970 bits per heavy atom. The molecule has 1 heterocycles. The number of rotatable bonds is 5. The first kappa shape index (κ1) is 22.6. The van der Waals surface area contributed by atoms with Crippen LogP contribution in [0.1, 0.15) is 26.3 Å². The van der Waals surface area contributed by atoms with E-state index in [-0.39, 0.29) is 15.6 Å². The number of esters is 1. The molecule has 1 N–H and O–H groups in total. The summed E-state index contributed by atoms with van der Waals surface area (Å²) in [6.07, 6.45) is 1.65. The average molecular weight is 481 g/mol. The summed E-state index contributed by atoms with van der Waals surface area (Å²) < 4.78 is 10.9. The summed E-state index contributed by atoms with van der Waals surface area (Å²) in [5, 5.41) is 4.02. The number of carbonyl (C=O) groups is 2. The second-order valence-corrected chi connectivity index (χ2v) is 7.96. The van der Waals surface area contributed by atoms with Gasteiger partial charge in [0.15, 0.2) is 0 Å². The van der Waals surface area contributed by atoms with Gasteiger partial charge in [-0.15, -0.1) is 0 Å². The van der Waals surface area contributed by atoms with E-state index < -0.39 is 11.9 Å². The molecular formula is C25H18Cl2N2O4. The van der Waals surface area contributed by atoms with Crippen molar-refractivity contribution >= 4 is 51.7 Å². The lowest BCUT2D eigenvalue weighted by atomic mass is 10.1. The number of nitrogens with zero attached hydrogens (tertiary/aromatic N) is 1. The number of para-hydroxylation sites is 1. The third-order valence-corrected chi connectivity index (χ3v) is 5.57. The number of carbonyl (C=O) groups excluding carboxylic acids is 2. The van der Waals surface area contributed by atoms with Crippen LogP contribution in [0.3, 0.4) is 0 Å². The van der Waals surface area contributed by atoms with Crippen molar-refractivity contribution in [1.82, 2.24) is 4.98 Å². The quantitative estimate of drug-likeness (QED) is 0.322. The lowest BCUT2D eigenvalue weighted by Crippen LogP contribution is -2.13. The number of hydrogen-bond donors (Lipinski definition) is 1. The fourth-order valence-corrected chi connectivity index (χ4v) is 3.93. The number of aromatic nitrogens is 1. The minimum atomic E-state index is -0.458. The van der Waals surface area contributed by atoms with Crippen LogP contribution >= 0.6 is 23.2 Å². The topological polar surface area (TPSA) is 77.5 Å². The van der Waals surface area contributed by atoms with E-state index >= 15 is 0 Å². The monoisotopic (exact) mass is 480 g/mol. The smallest absolute Gasteiger partial charge is 0.337 e. The molecule has 0 fully saturated rings. The minimum absolute atomic E-state index is 0.182. The molecule has 4 rings (SSSR count). The standard InChI is InChI=1S/C25H18Cl2N2O4/c1-14-13-28-22-17(23(14)33-16-7-3-6-15(12-16)25(31)32-2)8-4-11-20(22)29-24(30)21-18(26)9-5-10-19(21)27/h3-13H,1-2H3,(H,29,30). The maximum absolute atomic E-state index is 12.9. The van der Waals surface area contributed by atoms with Crippen LogP contribution in [0.5, 0.6) is 11.5 Å². The minimum Gasteiger partial charge on any atom is -0.465 e. The molecule has 0 radical (unpaired) electrons. The average Bonchev–Trinajstić information content (AvgIpc) is 2.80. The Morgan fingerprint density at radius 2 is 1.67 bits per heavy atom. The van der Waals surface area contributed by atoms with Gasteiger partial charge in [-0.3, -0.25) is 9.78 Å². The van der Waals surface area contributed by atoms with E-state index in [9.17, 15) is 9.59 Å². The Labute approximate surface area is 200 Å². The number of pyridine rings is 1. The Kier molecular flexibility index (Phi) is 6.49. The van der Waals surface area contributed by atoms with E-state index in [1.54, 1.807) is 60.8 Å². The Bertz CT molecular complexity index is 1370. The molecule has 0 saturated heterocycles. The van der Waals surface area contributed by atoms with Gasteiger partial charge in [0.2, 0.25) is 0 Å². The van der Waals surface area contributed by atoms with Crippen molar-refractivity contribution in [3.8, 4) is 11.5 Å². The second kappa shape index (κ2) is 9.48. The van der Waals surface area contributed by atoms with Crippen LogP contribution < -0.4 is 10.1 Å². The molecule has 0 spiro atoms. The Hall–Kier alpha value is -3.61. The number of anilines is 1. The van der Waals surface area contributed by atoms with Gasteiger partial charge in [-0.25, -0.2) is 4.79 Å². The van der Waals surface area contributed by atoms with Crippen molar-refractivity contribution in [2.75, 3.05) is 12.4 Å². The highest BCUT2D eigenvalue weighted by Crippen LogP contribution is 2.36. The van der Waals surface area contributed by atoms with Gasteiger partial charge in [-0.1, -0.05) is 41.4 Å². The number of aryl methyl sites for hydroxylation is 1. The summed E-state index contributed by atoms with van der Waals surface area (Å²) in [5.74, 6) is 0.105. The summed E-state index contributed by atoms with van der Waals surface area (Å²) in [6.45, 7) is 1.86. The third kappa shape index (κ3) is 4.62. The normalized spacial score (nSPS) is 10.7. The van der Waals surface area contributed by atoms with Crippen LogP contribution in [-0.4, -0.2) is 24.0 Å². The number of halogens is 2. The lowest BCUT2D eigenvalue weighted by molar-refractivity contribution is 0.0600. The highest BCUT2D eigenvalue weighted by Gasteiger charge is 2.18. The van der Waals surface area contributed by atoms with Crippen molar-refractivity contribution < 1.29 is 19.1 Å². The third-order valence-electron chi connectivity index (χ3n) is 4.94. The van der Waals surface area contributed by atoms with Gasteiger partial charge in [-0.2, -0.15) is 0 Å². The number of fused-ring (bicyclic) bond motifs is 1. The second-order valence-electron chi connectivity index (χ2n) is 7.14. The van der Waals surface area contributed by atoms with Gasteiger partial charge in [-0.05, 0) is 49.4 Å². The fraction of sp³-hybridized carbons (Fsp3) is 0.0800.